The third-order valence-corrected chi connectivity index (χ3v) is 3.45. The first-order valence-electron chi connectivity index (χ1n) is 6.49. The lowest BCUT2D eigenvalue weighted by molar-refractivity contribution is 0.0600. The number of thiophene rings is 1. The highest BCUT2D eigenvalue weighted by molar-refractivity contribution is 7.08. The van der Waals surface area contributed by atoms with Gasteiger partial charge in [0.1, 0.15) is 5.75 Å². The predicted molar refractivity (Wildman–Crippen MR) is 81.4 cm³/mol. The molecular formula is C16H18O3S. The number of esters is 1. The smallest absolute Gasteiger partial charge is 0.338 e. The van der Waals surface area contributed by atoms with Crippen LogP contribution in [-0.2, 0) is 4.74 Å². The molecule has 0 spiro atoms. The summed E-state index contributed by atoms with van der Waals surface area (Å²) in [7, 11) is 1.38. The molecule has 4 heteroatoms. The summed E-state index contributed by atoms with van der Waals surface area (Å²) in [6.45, 7) is 4.79. The molecule has 0 aliphatic carbocycles. The molecule has 1 aromatic heterocycles. The second-order valence-electron chi connectivity index (χ2n) is 4.95. The Morgan fingerprint density at radius 1 is 1.25 bits per heavy atom. The summed E-state index contributed by atoms with van der Waals surface area (Å²) in [4.78, 5) is 11.8. The van der Waals surface area contributed by atoms with E-state index in [1.807, 2.05) is 29.0 Å². The topological polar surface area (TPSA) is 35.5 Å². The van der Waals surface area contributed by atoms with Gasteiger partial charge in [-0.15, -0.1) is 0 Å². The van der Waals surface area contributed by atoms with Crippen molar-refractivity contribution in [2.24, 2.45) is 5.92 Å². The summed E-state index contributed by atoms with van der Waals surface area (Å²) < 4.78 is 10.5. The van der Waals surface area contributed by atoms with Crippen LogP contribution in [0.2, 0.25) is 0 Å². The van der Waals surface area contributed by atoms with Gasteiger partial charge in [-0.25, -0.2) is 4.79 Å². The van der Waals surface area contributed by atoms with Crippen molar-refractivity contribution >= 4 is 17.3 Å². The number of methoxy groups -OCH3 is 1. The number of rotatable bonds is 5. The number of hydrogen-bond acceptors (Lipinski definition) is 4. The van der Waals surface area contributed by atoms with E-state index in [0.29, 0.717) is 23.8 Å². The molecule has 0 saturated heterocycles. The zero-order valence-electron chi connectivity index (χ0n) is 11.9. The second kappa shape index (κ2) is 6.57. The SMILES string of the molecule is COC(=O)c1cc(OCC(C)C)cc(-c2ccsc2)c1. The maximum Gasteiger partial charge on any atom is 0.338 e. The first-order chi connectivity index (χ1) is 9.60. The first kappa shape index (κ1) is 14.6. The van der Waals surface area contributed by atoms with Crippen LogP contribution in [-0.4, -0.2) is 19.7 Å². The summed E-state index contributed by atoms with van der Waals surface area (Å²) in [6, 6.07) is 7.53. The lowest BCUT2D eigenvalue weighted by Gasteiger charge is -2.11. The lowest BCUT2D eigenvalue weighted by Crippen LogP contribution is -2.06. The minimum Gasteiger partial charge on any atom is -0.493 e. The van der Waals surface area contributed by atoms with E-state index in [4.69, 9.17) is 9.47 Å². The third-order valence-electron chi connectivity index (χ3n) is 2.77. The Labute approximate surface area is 123 Å². The van der Waals surface area contributed by atoms with Gasteiger partial charge in [0, 0.05) is 0 Å². The Kier molecular flexibility index (Phi) is 4.79. The summed E-state index contributed by atoms with van der Waals surface area (Å²) in [5, 5.41) is 4.05. The average Bonchev–Trinajstić information content (AvgIpc) is 2.98. The number of benzene rings is 1. The zero-order valence-corrected chi connectivity index (χ0v) is 12.7. The van der Waals surface area contributed by atoms with E-state index < -0.39 is 0 Å². The van der Waals surface area contributed by atoms with Gasteiger partial charge in [0.25, 0.3) is 0 Å². The van der Waals surface area contributed by atoms with Crippen molar-refractivity contribution in [1.82, 2.24) is 0 Å². The largest absolute Gasteiger partial charge is 0.493 e. The van der Waals surface area contributed by atoms with E-state index >= 15 is 0 Å². The van der Waals surface area contributed by atoms with Gasteiger partial charge in [-0.2, -0.15) is 11.3 Å². The van der Waals surface area contributed by atoms with E-state index in [9.17, 15) is 4.79 Å². The third kappa shape index (κ3) is 3.61. The van der Waals surface area contributed by atoms with Gasteiger partial charge in [0.2, 0.25) is 0 Å². The van der Waals surface area contributed by atoms with E-state index in [0.717, 1.165) is 11.1 Å². The van der Waals surface area contributed by atoms with Crippen LogP contribution in [0.3, 0.4) is 0 Å². The number of ether oxygens (including phenoxy) is 2. The summed E-state index contributed by atoms with van der Waals surface area (Å²) in [6.07, 6.45) is 0. The Morgan fingerprint density at radius 2 is 2.05 bits per heavy atom. The minimum absolute atomic E-state index is 0.350. The number of carbonyl (C=O) groups excluding carboxylic acids is 1. The highest BCUT2D eigenvalue weighted by Crippen LogP contribution is 2.28. The molecule has 0 N–H and O–H groups in total. The fourth-order valence-corrected chi connectivity index (χ4v) is 2.44. The Morgan fingerprint density at radius 3 is 2.65 bits per heavy atom. The number of hydrogen-bond donors (Lipinski definition) is 0. The van der Waals surface area contributed by atoms with E-state index in [2.05, 4.69) is 13.8 Å². The quantitative estimate of drug-likeness (QED) is 0.773. The maximum atomic E-state index is 11.8. The van der Waals surface area contributed by atoms with E-state index in [1.54, 1.807) is 17.4 Å². The van der Waals surface area contributed by atoms with Gasteiger partial charge in [-0.1, -0.05) is 13.8 Å². The molecule has 0 aliphatic rings. The van der Waals surface area contributed by atoms with Crippen molar-refractivity contribution in [1.29, 1.82) is 0 Å². The van der Waals surface area contributed by atoms with Crippen LogP contribution >= 0.6 is 11.3 Å². The van der Waals surface area contributed by atoms with Crippen LogP contribution in [0, 0.1) is 5.92 Å². The highest BCUT2D eigenvalue weighted by atomic mass is 32.1. The van der Waals surface area contributed by atoms with Crippen LogP contribution in [0.1, 0.15) is 24.2 Å². The van der Waals surface area contributed by atoms with Gasteiger partial charge < -0.3 is 9.47 Å². The van der Waals surface area contributed by atoms with Crippen molar-refractivity contribution in [3.8, 4) is 16.9 Å². The molecular weight excluding hydrogens is 272 g/mol. The standard InChI is InChI=1S/C16H18O3S/c1-11(2)9-19-15-7-13(12-4-5-20-10-12)6-14(8-15)16(17)18-3/h4-8,10-11H,9H2,1-3H3. The van der Waals surface area contributed by atoms with Crippen LogP contribution in [0.25, 0.3) is 11.1 Å². The maximum absolute atomic E-state index is 11.8. The fraction of sp³-hybridized carbons (Fsp3) is 0.312. The second-order valence-corrected chi connectivity index (χ2v) is 5.73. The van der Waals surface area contributed by atoms with Crippen LogP contribution in [0.15, 0.2) is 35.0 Å². The van der Waals surface area contributed by atoms with Crippen molar-refractivity contribution in [3.05, 3.63) is 40.6 Å². The Bertz CT molecular complexity index is 573. The van der Waals surface area contributed by atoms with Crippen molar-refractivity contribution in [2.75, 3.05) is 13.7 Å². The lowest BCUT2D eigenvalue weighted by atomic mass is 10.1. The van der Waals surface area contributed by atoms with Gasteiger partial charge in [-0.3, -0.25) is 0 Å². The normalized spacial score (nSPS) is 10.6. The van der Waals surface area contributed by atoms with Crippen molar-refractivity contribution in [3.63, 3.8) is 0 Å². The molecule has 20 heavy (non-hydrogen) atoms. The molecule has 1 heterocycles. The molecule has 0 unspecified atom stereocenters. The van der Waals surface area contributed by atoms with Crippen molar-refractivity contribution < 1.29 is 14.3 Å². The van der Waals surface area contributed by atoms with Crippen LogP contribution in [0.4, 0.5) is 0 Å². The summed E-state index contributed by atoms with van der Waals surface area (Å²) >= 11 is 1.62. The molecule has 0 bridgehead atoms. The number of carbonyl (C=O) groups is 1. The molecule has 106 valence electrons. The van der Waals surface area contributed by atoms with Gasteiger partial charge in [0.05, 0.1) is 19.3 Å². The predicted octanol–water partition coefficient (Wildman–Crippen LogP) is 4.24. The Hall–Kier alpha value is -1.81. The monoisotopic (exact) mass is 290 g/mol. The minimum atomic E-state index is -0.350. The van der Waals surface area contributed by atoms with E-state index in [1.165, 1.54) is 7.11 Å². The summed E-state index contributed by atoms with van der Waals surface area (Å²) in [5.41, 5.74) is 2.55. The van der Waals surface area contributed by atoms with Crippen LogP contribution < -0.4 is 4.74 Å². The fourth-order valence-electron chi connectivity index (χ4n) is 1.78. The molecule has 3 nitrogen and oxygen atoms in total. The van der Waals surface area contributed by atoms with E-state index in [-0.39, 0.29) is 5.97 Å². The molecule has 0 radical (unpaired) electrons. The summed E-state index contributed by atoms with van der Waals surface area (Å²) in [5.74, 6) is 0.778. The van der Waals surface area contributed by atoms with Gasteiger partial charge in [0.15, 0.2) is 0 Å². The molecule has 1 aromatic carbocycles. The molecule has 0 aliphatic heterocycles. The van der Waals surface area contributed by atoms with Crippen molar-refractivity contribution in [2.45, 2.75) is 13.8 Å². The molecule has 2 aromatic rings. The molecule has 0 amide bonds. The molecule has 0 saturated carbocycles. The highest BCUT2D eigenvalue weighted by Gasteiger charge is 2.11. The Balaban J connectivity index is 2.36. The molecule has 2 rings (SSSR count). The van der Waals surface area contributed by atoms with Gasteiger partial charge in [-0.05, 0) is 52.1 Å². The van der Waals surface area contributed by atoms with Crippen LogP contribution in [0.5, 0.6) is 5.75 Å². The molecule has 0 fully saturated rings. The average molecular weight is 290 g/mol. The molecule has 0 atom stereocenters. The first-order valence-corrected chi connectivity index (χ1v) is 7.43. The van der Waals surface area contributed by atoms with Gasteiger partial charge >= 0.3 is 5.97 Å². The zero-order chi connectivity index (χ0) is 14.5.